The molecule has 0 aliphatic rings. The Balaban J connectivity index is 1.46. The van der Waals surface area contributed by atoms with E-state index in [-0.39, 0.29) is 5.56 Å². The van der Waals surface area contributed by atoms with E-state index in [1.54, 1.807) is 63.1 Å². The summed E-state index contributed by atoms with van der Waals surface area (Å²) in [6, 6.07) is 10.8. The monoisotopic (exact) mass is 413 g/mol. The van der Waals surface area contributed by atoms with Gasteiger partial charge in [0, 0.05) is 44.3 Å². The number of hydrogen-bond acceptors (Lipinski definition) is 6. The van der Waals surface area contributed by atoms with Gasteiger partial charge in [-0.25, -0.2) is 4.98 Å². The highest BCUT2D eigenvalue weighted by Gasteiger charge is 2.10. The number of fused-ring (bicyclic) bond motifs is 1. The molecule has 9 heteroatoms. The fraction of sp³-hybridized carbons (Fsp3) is 0.136. The van der Waals surface area contributed by atoms with Crippen LogP contribution in [0.25, 0.3) is 22.2 Å². The van der Waals surface area contributed by atoms with Crippen molar-refractivity contribution in [3.63, 3.8) is 0 Å². The van der Waals surface area contributed by atoms with Gasteiger partial charge in [0.1, 0.15) is 11.5 Å². The maximum Gasteiger partial charge on any atom is 0.261 e. The van der Waals surface area contributed by atoms with Gasteiger partial charge in [-0.15, -0.1) is 0 Å². The summed E-state index contributed by atoms with van der Waals surface area (Å²) < 4.78 is 11.0. The summed E-state index contributed by atoms with van der Waals surface area (Å²) in [6.07, 6.45) is 8.58. The molecule has 154 valence electrons. The van der Waals surface area contributed by atoms with E-state index in [0.717, 1.165) is 17.0 Å². The van der Waals surface area contributed by atoms with Crippen molar-refractivity contribution < 1.29 is 4.74 Å². The number of aromatic nitrogens is 7. The molecule has 0 saturated carbocycles. The summed E-state index contributed by atoms with van der Waals surface area (Å²) in [4.78, 5) is 21.8. The van der Waals surface area contributed by atoms with Crippen molar-refractivity contribution >= 4 is 10.9 Å². The van der Waals surface area contributed by atoms with Crippen molar-refractivity contribution in [2.24, 2.45) is 14.1 Å². The van der Waals surface area contributed by atoms with Crippen LogP contribution >= 0.6 is 0 Å². The first-order valence-corrected chi connectivity index (χ1v) is 9.66. The first-order chi connectivity index (χ1) is 15.1. The standard InChI is InChI=1S/C22H19N7O2/c1-27-12-15(11-26-27)21-10-18(6-7-23-21)31-17-3-4-20-19(9-17)22(30)29(14-24-20)13-16-5-8-25-28(16)2/h3-12,14H,13H2,1-2H3. The maximum absolute atomic E-state index is 13.0. The number of aryl methyl sites for hydroxylation is 2. The molecule has 0 unspecified atom stereocenters. The Morgan fingerprint density at radius 3 is 2.61 bits per heavy atom. The lowest BCUT2D eigenvalue weighted by Crippen LogP contribution is -2.22. The predicted molar refractivity (Wildman–Crippen MR) is 115 cm³/mol. The van der Waals surface area contributed by atoms with E-state index in [0.29, 0.717) is 28.9 Å². The highest BCUT2D eigenvalue weighted by atomic mass is 16.5. The third kappa shape index (κ3) is 3.68. The van der Waals surface area contributed by atoms with Crippen LogP contribution in [0.1, 0.15) is 5.69 Å². The summed E-state index contributed by atoms with van der Waals surface area (Å²) >= 11 is 0. The quantitative estimate of drug-likeness (QED) is 0.440. The molecule has 0 fully saturated rings. The van der Waals surface area contributed by atoms with E-state index < -0.39 is 0 Å². The van der Waals surface area contributed by atoms with Gasteiger partial charge in [-0.1, -0.05) is 0 Å². The second-order valence-corrected chi connectivity index (χ2v) is 7.18. The summed E-state index contributed by atoms with van der Waals surface area (Å²) in [6.45, 7) is 0.391. The zero-order valence-corrected chi connectivity index (χ0v) is 17.0. The zero-order valence-electron chi connectivity index (χ0n) is 17.0. The smallest absolute Gasteiger partial charge is 0.261 e. The number of hydrogen-bond donors (Lipinski definition) is 0. The van der Waals surface area contributed by atoms with Crippen LogP contribution in [0.2, 0.25) is 0 Å². The SMILES string of the molecule is Cn1cc(-c2cc(Oc3ccc4ncn(Cc5ccnn5C)c(=O)c4c3)ccn2)cn1. The molecule has 0 amide bonds. The Kier molecular flexibility index (Phi) is 4.55. The largest absolute Gasteiger partial charge is 0.457 e. The number of ether oxygens (including phenoxy) is 1. The molecule has 4 heterocycles. The fourth-order valence-electron chi connectivity index (χ4n) is 3.37. The van der Waals surface area contributed by atoms with Gasteiger partial charge in [-0.2, -0.15) is 10.2 Å². The van der Waals surface area contributed by atoms with E-state index in [1.165, 1.54) is 0 Å². The van der Waals surface area contributed by atoms with E-state index >= 15 is 0 Å². The van der Waals surface area contributed by atoms with Crippen LogP contribution in [-0.4, -0.2) is 34.1 Å². The molecule has 31 heavy (non-hydrogen) atoms. The molecule has 0 aliphatic heterocycles. The minimum absolute atomic E-state index is 0.137. The first kappa shape index (κ1) is 18.7. The Hall–Kier alpha value is -4.27. The van der Waals surface area contributed by atoms with E-state index in [4.69, 9.17) is 4.74 Å². The summed E-state index contributed by atoms with van der Waals surface area (Å²) in [5.41, 5.74) is 3.04. The van der Waals surface area contributed by atoms with Crippen LogP contribution < -0.4 is 10.3 Å². The molecule has 0 bridgehead atoms. The molecule has 0 N–H and O–H groups in total. The van der Waals surface area contributed by atoms with Crippen molar-refractivity contribution in [2.45, 2.75) is 6.54 Å². The van der Waals surface area contributed by atoms with Crippen molar-refractivity contribution in [1.29, 1.82) is 0 Å². The zero-order chi connectivity index (χ0) is 21.4. The molecule has 9 nitrogen and oxygen atoms in total. The molecule has 1 aromatic carbocycles. The summed E-state index contributed by atoms with van der Waals surface area (Å²) in [5, 5.41) is 8.81. The van der Waals surface area contributed by atoms with E-state index in [2.05, 4.69) is 20.2 Å². The molecule has 5 aromatic rings. The summed E-state index contributed by atoms with van der Waals surface area (Å²) in [7, 11) is 3.70. The van der Waals surface area contributed by atoms with Gasteiger partial charge in [0.15, 0.2) is 0 Å². The van der Waals surface area contributed by atoms with Crippen LogP contribution in [-0.2, 0) is 20.6 Å². The van der Waals surface area contributed by atoms with E-state index in [1.807, 2.05) is 32.4 Å². The second-order valence-electron chi connectivity index (χ2n) is 7.18. The third-order valence-corrected chi connectivity index (χ3v) is 5.02. The van der Waals surface area contributed by atoms with Crippen LogP contribution in [0.4, 0.5) is 0 Å². The van der Waals surface area contributed by atoms with Gasteiger partial charge in [0.25, 0.3) is 5.56 Å². The Bertz CT molecular complexity index is 1450. The van der Waals surface area contributed by atoms with Crippen LogP contribution in [0.3, 0.4) is 0 Å². The van der Waals surface area contributed by atoms with Gasteiger partial charge in [0.05, 0.1) is 41.4 Å². The van der Waals surface area contributed by atoms with Gasteiger partial charge >= 0.3 is 0 Å². The fourth-order valence-corrected chi connectivity index (χ4v) is 3.37. The summed E-state index contributed by atoms with van der Waals surface area (Å²) in [5.74, 6) is 1.17. The van der Waals surface area contributed by atoms with Crippen molar-refractivity contribution in [2.75, 3.05) is 0 Å². The number of rotatable bonds is 5. The molecule has 4 aromatic heterocycles. The Morgan fingerprint density at radius 2 is 1.84 bits per heavy atom. The van der Waals surface area contributed by atoms with Crippen LogP contribution in [0.5, 0.6) is 11.5 Å². The Morgan fingerprint density at radius 1 is 0.968 bits per heavy atom. The lowest BCUT2D eigenvalue weighted by Gasteiger charge is -2.09. The van der Waals surface area contributed by atoms with Crippen molar-refractivity contribution in [3.05, 3.63) is 83.6 Å². The second kappa shape index (κ2) is 7.52. The predicted octanol–water partition coefficient (Wildman–Crippen LogP) is 2.77. The topological polar surface area (TPSA) is 92.7 Å². The number of nitrogens with zero attached hydrogens (tertiary/aromatic N) is 7. The van der Waals surface area contributed by atoms with Gasteiger partial charge in [-0.05, 0) is 30.3 Å². The van der Waals surface area contributed by atoms with Gasteiger partial charge in [-0.3, -0.25) is 23.7 Å². The van der Waals surface area contributed by atoms with E-state index in [9.17, 15) is 4.79 Å². The molecule has 5 rings (SSSR count). The highest BCUT2D eigenvalue weighted by Crippen LogP contribution is 2.26. The average Bonchev–Trinajstić information content (AvgIpc) is 3.39. The third-order valence-electron chi connectivity index (χ3n) is 5.02. The average molecular weight is 413 g/mol. The lowest BCUT2D eigenvalue weighted by molar-refractivity contribution is 0.483. The molecule has 0 saturated heterocycles. The molecular formula is C22H19N7O2. The van der Waals surface area contributed by atoms with Crippen molar-refractivity contribution in [1.82, 2.24) is 34.1 Å². The molecule has 0 aliphatic carbocycles. The van der Waals surface area contributed by atoms with Crippen LogP contribution in [0.15, 0.2) is 72.3 Å². The van der Waals surface area contributed by atoms with Crippen molar-refractivity contribution in [3.8, 4) is 22.8 Å². The lowest BCUT2D eigenvalue weighted by atomic mass is 10.2. The molecule has 0 radical (unpaired) electrons. The molecular weight excluding hydrogens is 394 g/mol. The number of benzene rings is 1. The van der Waals surface area contributed by atoms with Gasteiger partial charge in [0.2, 0.25) is 0 Å². The van der Waals surface area contributed by atoms with Crippen LogP contribution in [0, 0.1) is 0 Å². The molecule has 0 spiro atoms. The van der Waals surface area contributed by atoms with Gasteiger partial charge < -0.3 is 4.74 Å². The highest BCUT2D eigenvalue weighted by molar-refractivity contribution is 5.79. The first-order valence-electron chi connectivity index (χ1n) is 9.66. The molecule has 0 atom stereocenters. The normalized spacial score (nSPS) is 11.2. The Labute approximate surface area is 177 Å². The number of pyridine rings is 1. The minimum atomic E-state index is -0.137. The maximum atomic E-state index is 13.0. The minimum Gasteiger partial charge on any atom is -0.457 e.